The molecule has 6 N–H and O–H groups in total. The van der Waals surface area contributed by atoms with Crippen LogP contribution in [0.2, 0.25) is 0 Å². The summed E-state index contributed by atoms with van der Waals surface area (Å²) in [7, 11) is 0. The van der Waals surface area contributed by atoms with E-state index in [4.69, 9.17) is 5.73 Å². The molecular weight excluding hydrogens is 310 g/mol. The SMILES string of the molecule is Cl.NC(=O)N/N=C/c1cc(-c2ccc(O)cc2)c(O)cc1O. The maximum atomic E-state index is 10.5. The number of carbonyl (C=O) groups excluding carboxylic acids is 1. The van der Waals surface area contributed by atoms with Gasteiger partial charge < -0.3 is 21.1 Å². The number of hydrazone groups is 1. The second-order valence-electron chi connectivity index (χ2n) is 4.21. The minimum Gasteiger partial charge on any atom is -0.508 e. The predicted octanol–water partition coefficient (Wildman–Crippen LogP) is 1.89. The van der Waals surface area contributed by atoms with Crippen LogP contribution < -0.4 is 11.2 Å². The summed E-state index contributed by atoms with van der Waals surface area (Å²) in [4.78, 5) is 10.5. The number of hydrogen-bond donors (Lipinski definition) is 5. The number of carbonyl (C=O) groups is 1. The van der Waals surface area contributed by atoms with Crippen LogP contribution in [0.4, 0.5) is 4.79 Å². The molecule has 2 amide bonds. The number of halogens is 1. The zero-order valence-corrected chi connectivity index (χ0v) is 12.0. The Morgan fingerprint density at radius 1 is 1.09 bits per heavy atom. The number of urea groups is 1. The summed E-state index contributed by atoms with van der Waals surface area (Å²) in [5, 5.41) is 32.4. The lowest BCUT2D eigenvalue weighted by Gasteiger charge is -2.08. The minimum atomic E-state index is -0.830. The van der Waals surface area contributed by atoms with Gasteiger partial charge in [-0.15, -0.1) is 12.4 Å². The number of benzene rings is 2. The third-order valence-electron chi connectivity index (χ3n) is 2.70. The van der Waals surface area contributed by atoms with Crippen LogP contribution >= 0.6 is 12.4 Å². The first-order valence-corrected chi connectivity index (χ1v) is 5.91. The highest BCUT2D eigenvalue weighted by atomic mass is 35.5. The molecule has 0 spiro atoms. The Morgan fingerprint density at radius 2 is 1.73 bits per heavy atom. The molecule has 0 aliphatic heterocycles. The normalized spacial score (nSPS) is 10.2. The monoisotopic (exact) mass is 323 g/mol. The van der Waals surface area contributed by atoms with Gasteiger partial charge in [0.25, 0.3) is 0 Å². The molecule has 0 heterocycles. The van der Waals surface area contributed by atoms with Crippen LogP contribution in [0, 0.1) is 0 Å². The number of aromatic hydroxyl groups is 3. The highest BCUT2D eigenvalue weighted by Crippen LogP contribution is 2.34. The molecule has 2 rings (SSSR count). The molecule has 0 fully saturated rings. The van der Waals surface area contributed by atoms with E-state index in [1.807, 2.05) is 5.43 Å². The second-order valence-corrected chi connectivity index (χ2v) is 4.21. The van der Waals surface area contributed by atoms with Gasteiger partial charge in [0, 0.05) is 17.2 Å². The Hall–Kier alpha value is -2.93. The van der Waals surface area contributed by atoms with E-state index in [0.717, 1.165) is 6.07 Å². The Balaban J connectivity index is 0.00000242. The zero-order valence-electron chi connectivity index (χ0n) is 11.2. The minimum absolute atomic E-state index is 0. The van der Waals surface area contributed by atoms with Crippen molar-refractivity contribution in [2.24, 2.45) is 10.8 Å². The van der Waals surface area contributed by atoms with Gasteiger partial charge in [0.2, 0.25) is 0 Å². The van der Waals surface area contributed by atoms with E-state index in [2.05, 4.69) is 5.10 Å². The van der Waals surface area contributed by atoms with Crippen LogP contribution in [0.1, 0.15) is 5.56 Å². The smallest absolute Gasteiger partial charge is 0.332 e. The van der Waals surface area contributed by atoms with Gasteiger partial charge in [-0.05, 0) is 23.8 Å². The number of nitrogens with one attached hydrogen (secondary N) is 1. The summed E-state index contributed by atoms with van der Waals surface area (Å²) >= 11 is 0. The number of hydrogen-bond acceptors (Lipinski definition) is 5. The van der Waals surface area contributed by atoms with Crippen molar-refractivity contribution in [3.8, 4) is 28.4 Å². The van der Waals surface area contributed by atoms with Crippen LogP contribution in [0.3, 0.4) is 0 Å². The number of primary amides is 1. The Morgan fingerprint density at radius 3 is 2.32 bits per heavy atom. The molecule has 2 aromatic rings. The van der Waals surface area contributed by atoms with E-state index in [0.29, 0.717) is 11.1 Å². The molecule has 22 heavy (non-hydrogen) atoms. The second kappa shape index (κ2) is 7.19. The van der Waals surface area contributed by atoms with Crippen molar-refractivity contribution in [3.63, 3.8) is 0 Å². The average molecular weight is 324 g/mol. The number of nitrogens with zero attached hydrogens (tertiary/aromatic N) is 1. The summed E-state index contributed by atoms with van der Waals surface area (Å²) in [6, 6.07) is 8.00. The quantitative estimate of drug-likeness (QED) is 0.436. The lowest BCUT2D eigenvalue weighted by molar-refractivity contribution is 0.249. The van der Waals surface area contributed by atoms with Gasteiger partial charge in [0.15, 0.2) is 0 Å². The highest BCUT2D eigenvalue weighted by molar-refractivity contribution is 5.88. The van der Waals surface area contributed by atoms with Crippen molar-refractivity contribution in [1.82, 2.24) is 5.43 Å². The molecule has 0 saturated heterocycles. The van der Waals surface area contributed by atoms with Crippen molar-refractivity contribution in [2.45, 2.75) is 0 Å². The van der Waals surface area contributed by atoms with Gasteiger partial charge in [-0.2, -0.15) is 5.10 Å². The standard InChI is InChI=1S/C14H13N3O4.ClH/c15-14(21)17-16-7-9-5-11(13(20)6-12(9)19)8-1-3-10(18)4-2-8;/h1-7,18-20H,(H3,15,17,21);1H/b16-7+;. The maximum Gasteiger partial charge on any atom is 0.332 e. The fourth-order valence-electron chi connectivity index (χ4n) is 1.74. The predicted molar refractivity (Wildman–Crippen MR) is 84.4 cm³/mol. The first-order chi connectivity index (χ1) is 9.97. The van der Waals surface area contributed by atoms with E-state index >= 15 is 0 Å². The van der Waals surface area contributed by atoms with E-state index < -0.39 is 6.03 Å². The van der Waals surface area contributed by atoms with Crippen LogP contribution in [0.5, 0.6) is 17.2 Å². The Labute approximate surface area is 132 Å². The molecule has 2 aromatic carbocycles. The van der Waals surface area contributed by atoms with Crippen molar-refractivity contribution >= 4 is 24.7 Å². The van der Waals surface area contributed by atoms with Gasteiger partial charge in [-0.3, -0.25) is 0 Å². The summed E-state index contributed by atoms with van der Waals surface area (Å²) < 4.78 is 0. The summed E-state index contributed by atoms with van der Waals surface area (Å²) in [5.41, 5.74) is 8.23. The number of phenolic OH excluding ortho intramolecular Hbond substituents is 3. The van der Waals surface area contributed by atoms with Gasteiger partial charge in [0.1, 0.15) is 17.2 Å². The molecule has 0 aliphatic carbocycles. The molecule has 0 radical (unpaired) electrons. The number of amides is 2. The molecule has 0 aliphatic rings. The van der Waals surface area contributed by atoms with E-state index in [1.54, 1.807) is 12.1 Å². The van der Waals surface area contributed by atoms with Crippen LogP contribution in [-0.4, -0.2) is 27.6 Å². The third kappa shape index (κ3) is 4.03. The van der Waals surface area contributed by atoms with E-state index in [-0.39, 0.29) is 35.2 Å². The summed E-state index contributed by atoms with van der Waals surface area (Å²) in [6.07, 6.45) is 1.20. The highest BCUT2D eigenvalue weighted by Gasteiger charge is 2.09. The van der Waals surface area contributed by atoms with Crippen molar-refractivity contribution < 1.29 is 20.1 Å². The van der Waals surface area contributed by atoms with E-state index in [9.17, 15) is 20.1 Å². The van der Waals surface area contributed by atoms with Gasteiger partial charge >= 0.3 is 6.03 Å². The molecule has 0 aromatic heterocycles. The number of rotatable bonds is 3. The van der Waals surface area contributed by atoms with Gasteiger partial charge in [0.05, 0.1) is 6.21 Å². The Kier molecular flexibility index (Phi) is 5.59. The van der Waals surface area contributed by atoms with Crippen molar-refractivity contribution in [3.05, 3.63) is 42.0 Å². The molecule has 0 atom stereocenters. The van der Waals surface area contributed by atoms with Gasteiger partial charge in [-0.1, -0.05) is 12.1 Å². The van der Waals surface area contributed by atoms with Crippen molar-refractivity contribution in [2.75, 3.05) is 0 Å². The summed E-state index contributed by atoms with van der Waals surface area (Å²) in [6.45, 7) is 0. The average Bonchev–Trinajstić information content (AvgIpc) is 2.42. The molecule has 0 saturated carbocycles. The molecule has 8 heteroatoms. The molecule has 116 valence electrons. The summed E-state index contributed by atoms with van der Waals surface area (Å²) in [5.74, 6) is -0.229. The molecule has 0 unspecified atom stereocenters. The molecule has 0 bridgehead atoms. The van der Waals surface area contributed by atoms with E-state index in [1.165, 1.54) is 24.4 Å². The lowest BCUT2D eigenvalue weighted by Crippen LogP contribution is -2.24. The van der Waals surface area contributed by atoms with Crippen LogP contribution in [0.25, 0.3) is 11.1 Å². The fraction of sp³-hybridized carbons (Fsp3) is 0. The molecule has 7 nitrogen and oxygen atoms in total. The lowest BCUT2D eigenvalue weighted by atomic mass is 10.0. The maximum absolute atomic E-state index is 10.5. The first-order valence-electron chi connectivity index (χ1n) is 5.91. The fourth-order valence-corrected chi connectivity index (χ4v) is 1.74. The Bertz CT molecular complexity index is 702. The van der Waals surface area contributed by atoms with Crippen LogP contribution in [-0.2, 0) is 0 Å². The first kappa shape index (κ1) is 17.1. The van der Waals surface area contributed by atoms with Crippen molar-refractivity contribution in [1.29, 1.82) is 0 Å². The topological polar surface area (TPSA) is 128 Å². The third-order valence-corrected chi connectivity index (χ3v) is 2.70. The zero-order chi connectivity index (χ0) is 15.4. The molecular formula is C14H14ClN3O4. The number of nitrogens with two attached hydrogens (primary N) is 1. The largest absolute Gasteiger partial charge is 0.508 e. The van der Waals surface area contributed by atoms with Crippen LogP contribution in [0.15, 0.2) is 41.5 Å². The van der Waals surface area contributed by atoms with Gasteiger partial charge in [-0.25, -0.2) is 10.2 Å². The number of phenols is 3.